The van der Waals surface area contributed by atoms with Gasteiger partial charge in [-0.15, -0.1) is 13.2 Å². The largest absolute Gasteiger partial charge is 0.497 e. The van der Waals surface area contributed by atoms with Crippen LogP contribution in [0.25, 0.3) is 0 Å². The quantitative estimate of drug-likeness (QED) is 0.189. The summed E-state index contributed by atoms with van der Waals surface area (Å²) in [6.07, 6.45) is 7.17. The zero-order chi connectivity index (χ0) is 30.1. The van der Waals surface area contributed by atoms with Crippen molar-refractivity contribution in [2.45, 2.75) is 93.2 Å². The molecule has 0 aliphatic rings. The minimum Gasteiger partial charge on any atom is -0.497 e. The summed E-state index contributed by atoms with van der Waals surface area (Å²) in [6.45, 7) is 29.9. The Hall–Kier alpha value is -3.20. The van der Waals surface area contributed by atoms with E-state index >= 15 is 0 Å². The Morgan fingerprint density at radius 2 is 1.39 bits per heavy atom. The molecule has 0 saturated carbocycles. The van der Waals surface area contributed by atoms with Crippen LogP contribution >= 0.6 is 0 Å². The van der Waals surface area contributed by atoms with Crippen molar-refractivity contribution in [2.24, 2.45) is 17.8 Å². The molecule has 0 saturated heterocycles. The van der Waals surface area contributed by atoms with E-state index in [-0.39, 0.29) is 19.5 Å². The van der Waals surface area contributed by atoms with E-state index in [4.69, 9.17) is 4.74 Å². The van der Waals surface area contributed by atoms with E-state index in [1.807, 2.05) is 24.3 Å². The fraction of sp³-hybridized carbons (Fsp3) is 0.474. The van der Waals surface area contributed by atoms with Crippen molar-refractivity contribution in [1.29, 1.82) is 0 Å². The van der Waals surface area contributed by atoms with Gasteiger partial charge in [0.15, 0.2) is 0 Å². The fourth-order valence-corrected chi connectivity index (χ4v) is 4.53. The third-order valence-electron chi connectivity index (χ3n) is 6.86. The third-order valence-corrected chi connectivity index (χ3v) is 6.86. The van der Waals surface area contributed by atoms with Crippen LogP contribution in [0, 0.1) is 17.8 Å². The van der Waals surface area contributed by atoms with Gasteiger partial charge in [0.2, 0.25) is 0 Å². The number of ether oxygens (including phenoxy) is 1. The summed E-state index contributed by atoms with van der Waals surface area (Å²) in [5.74, 6) is 2.52. The number of benzene rings is 2. The van der Waals surface area contributed by atoms with Gasteiger partial charge in [0.25, 0.3) is 0 Å². The highest BCUT2D eigenvalue weighted by Gasteiger charge is 2.19. The first kappa shape index (κ1) is 37.8. The van der Waals surface area contributed by atoms with Crippen LogP contribution in [0.3, 0.4) is 0 Å². The maximum absolute atomic E-state index is 5.25. The van der Waals surface area contributed by atoms with Crippen LogP contribution in [0.5, 0.6) is 5.75 Å². The Kier molecular flexibility index (Phi) is 19.0. The molecule has 0 aliphatic carbocycles. The minimum atomic E-state index is 0. The van der Waals surface area contributed by atoms with Crippen LogP contribution in [0.1, 0.15) is 79.4 Å². The van der Waals surface area contributed by atoms with Crippen LogP contribution in [0.2, 0.25) is 0 Å². The van der Waals surface area contributed by atoms with Gasteiger partial charge in [0, 0.05) is 17.4 Å². The molecule has 0 spiro atoms. The number of aryl methyl sites for hydroxylation is 1. The van der Waals surface area contributed by atoms with E-state index in [1.54, 1.807) is 7.11 Å². The molecule has 0 aliphatic heterocycles. The van der Waals surface area contributed by atoms with Gasteiger partial charge in [-0.2, -0.15) is 0 Å². The Morgan fingerprint density at radius 1 is 0.805 bits per heavy atom. The van der Waals surface area contributed by atoms with Crippen LogP contribution in [0.4, 0.5) is 0 Å². The molecular formula is C38H60N2O. The molecule has 0 heterocycles. The Bertz CT molecular complexity index is 1020. The Morgan fingerprint density at radius 3 is 1.88 bits per heavy atom. The monoisotopic (exact) mass is 560 g/mol. The molecule has 3 nitrogen and oxygen atoms in total. The van der Waals surface area contributed by atoms with E-state index in [0.29, 0.717) is 17.8 Å². The van der Waals surface area contributed by atoms with Crippen LogP contribution in [-0.2, 0) is 12.8 Å². The van der Waals surface area contributed by atoms with E-state index in [1.165, 1.54) is 16.7 Å². The van der Waals surface area contributed by atoms with Gasteiger partial charge in [-0.3, -0.25) is 0 Å². The maximum atomic E-state index is 5.25. The summed E-state index contributed by atoms with van der Waals surface area (Å²) in [5.41, 5.74) is 5.98. The third kappa shape index (κ3) is 16.6. The number of hydrogen-bond acceptors (Lipinski definition) is 3. The number of hydrogen-bond donors (Lipinski definition) is 2. The normalized spacial score (nSPS) is 12.6. The molecule has 3 heteroatoms. The van der Waals surface area contributed by atoms with Crippen molar-refractivity contribution in [3.63, 3.8) is 0 Å². The topological polar surface area (TPSA) is 33.3 Å². The van der Waals surface area contributed by atoms with E-state index in [0.717, 1.165) is 49.2 Å². The molecule has 0 amide bonds. The fourth-order valence-electron chi connectivity index (χ4n) is 4.53. The van der Waals surface area contributed by atoms with Crippen molar-refractivity contribution in [3.8, 4) is 5.75 Å². The predicted molar refractivity (Wildman–Crippen MR) is 183 cm³/mol. The molecule has 2 N–H and O–H groups in total. The molecule has 0 bridgehead atoms. The van der Waals surface area contributed by atoms with Crippen molar-refractivity contribution in [2.75, 3.05) is 7.11 Å². The van der Waals surface area contributed by atoms with Gasteiger partial charge in [-0.1, -0.05) is 109 Å². The van der Waals surface area contributed by atoms with Crippen LogP contribution in [0.15, 0.2) is 104 Å². The zero-order valence-electron chi connectivity index (χ0n) is 26.4. The SMILES string of the molecule is C.C=C(C)CCc1ccccc1.C=CC(Cc1ccc(OC)cc1)NC(=C)[C@H](CC(C)C)NC(=C)C(C)CC(C)C. The maximum Gasteiger partial charge on any atom is 0.118 e. The minimum absolute atomic E-state index is 0. The van der Waals surface area contributed by atoms with Gasteiger partial charge in [0.1, 0.15) is 5.75 Å². The van der Waals surface area contributed by atoms with E-state index in [9.17, 15) is 0 Å². The number of methoxy groups -OCH3 is 1. The second-order valence-electron chi connectivity index (χ2n) is 11.9. The van der Waals surface area contributed by atoms with E-state index in [2.05, 4.69) is 115 Å². The standard InChI is InChI=1S/C26H42N2O.C11H14.CH4/c1-10-24(17-23-11-13-25(29-9)14-12-23)27-22(8)26(16-19(4)5)28-21(7)20(6)15-18(2)3;1-10(2)8-9-11-6-4-3-5-7-11;/h10-14,18-20,24,26-28H,1,7-8,15-17H2,2-6,9H3;3-7H,1,8-9H2,2H3;1H4/t20?,24?,26-;;/m0../s1. The lowest BCUT2D eigenvalue weighted by molar-refractivity contribution is 0.413. The highest BCUT2D eigenvalue weighted by molar-refractivity contribution is 5.28. The average Bonchev–Trinajstić information content (AvgIpc) is 2.91. The highest BCUT2D eigenvalue weighted by atomic mass is 16.5. The lowest BCUT2D eigenvalue weighted by atomic mass is 9.94. The lowest BCUT2D eigenvalue weighted by Gasteiger charge is -2.30. The summed E-state index contributed by atoms with van der Waals surface area (Å²) < 4.78 is 5.25. The van der Waals surface area contributed by atoms with Crippen molar-refractivity contribution in [1.82, 2.24) is 10.6 Å². The second kappa shape index (κ2) is 20.6. The molecule has 228 valence electrons. The molecule has 2 unspecified atom stereocenters. The molecule has 0 aromatic heterocycles. The summed E-state index contributed by atoms with van der Waals surface area (Å²) in [6, 6.07) is 19.0. The number of nitrogens with one attached hydrogen (secondary N) is 2. The molecule has 0 radical (unpaired) electrons. The molecule has 2 aromatic rings. The molecule has 2 rings (SSSR count). The van der Waals surface area contributed by atoms with Crippen LogP contribution in [-0.4, -0.2) is 19.2 Å². The highest BCUT2D eigenvalue weighted by Crippen LogP contribution is 2.20. The lowest BCUT2D eigenvalue weighted by Crippen LogP contribution is -2.41. The first-order valence-corrected chi connectivity index (χ1v) is 14.8. The second-order valence-corrected chi connectivity index (χ2v) is 11.9. The number of allylic oxidation sites excluding steroid dienone is 2. The molecule has 0 fully saturated rings. The van der Waals surface area contributed by atoms with Gasteiger partial charge >= 0.3 is 0 Å². The molecule has 41 heavy (non-hydrogen) atoms. The molecular weight excluding hydrogens is 500 g/mol. The van der Waals surface area contributed by atoms with Gasteiger partial charge in [-0.25, -0.2) is 0 Å². The first-order valence-electron chi connectivity index (χ1n) is 14.8. The van der Waals surface area contributed by atoms with Crippen molar-refractivity contribution in [3.05, 3.63) is 115 Å². The summed E-state index contributed by atoms with van der Waals surface area (Å²) >= 11 is 0. The number of rotatable bonds is 17. The van der Waals surface area contributed by atoms with E-state index < -0.39 is 0 Å². The van der Waals surface area contributed by atoms with Crippen LogP contribution < -0.4 is 15.4 Å². The Balaban J connectivity index is 0.00000111. The first-order chi connectivity index (χ1) is 18.9. The predicted octanol–water partition coefficient (Wildman–Crippen LogP) is 9.93. The van der Waals surface area contributed by atoms with Gasteiger partial charge in [0.05, 0.1) is 13.2 Å². The summed E-state index contributed by atoms with van der Waals surface area (Å²) in [5, 5.41) is 7.24. The molecule has 2 aromatic carbocycles. The van der Waals surface area contributed by atoms with Crippen molar-refractivity contribution >= 4 is 0 Å². The zero-order valence-corrected chi connectivity index (χ0v) is 26.4. The van der Waals surface area contributed by atoms with Crippen molar-refractivity contribution < 1.29 is 4.74 Å². The summed E-state index contributed by atoms with van der Waals surface area (Å²) in [7, 11) is 1.69. The average molecular weight is 561 g/mol. The smallest absolute Gasteiger partial charge is 0.118 e. The molecule has 3 atom stereocenters. The Labute approximate surface area is 253 Å². The summed E-state index contributed by atoms with van der Waals surface area (Å²) in [4.78, 5) is 0. The van der Waals surface area contributed by atoms with Gasteiger partial charge < -0.3 is 15.4 Å². The van der Waals surface area contributed by atoms with Gasteiger partial charge in [-0.05, 0) is 80.0 Å².